The van der Waals surface area contributed by atoms with Crippen LogP contribution in [0.2, 0.25) is 0 Å². The third kappa shape index (κ3) is 7.02. The highest BCUT2D eigenvalue weighted by Gasteiger charge is 2.52. The molecule has 2 heterocycles. The topological polar surface area (TPSA) is 25.6 Å². The van der Waals surface area contributed by atoms with Crippen LogP contribution >= 0.6 is 0 Å². The summed E-state index contributed by atoms with van der Waals surface area (Å²) in [4.78, 5) is 2.42. The maximum absolute atomic E-state index is 7.29. The summed E-state index contributed by atoms with van der Waals surface area (Å²) in [5.41, 5.74) is 23.5. The summed E-state index contributed by atoms with van der Waals surface area (Å²) in [6, 6.07) is 108. The normalized spacial score (nSPS) is 13.9. The number of ether oxygens (including phenoxy) is 1. The zero-order valence-electron chi connectivity index (χ0n) is 47.1. The van der Waals surface area contributed by atoms with Crippen molar-refractivity contribution in [2.24, 2.45) is 0 Å². The van der Waals surface area contributed by atoms with Gasteiger partial charge in [0.2, 0.25) is 0 Å². The van der Waals surface area contributed by atoms with Crippen molar-refractivity contribution in [3.63, 3.8) is 0 Å². The van der Waals surface area contributed by atoms with Crippen molar-refractivity contribution in [3.8, 4) is 44.9 Å². The lowest BCUT2D eigenvalue weighted by Gasteiger charge is -2.40. The number of anilines is 3. The Morgan fingerprint density at radius 2 is 0.847 bits per heavy atom. The molecule has 13 aromatic carbocycles. The van der Waals surface area contributed by atoms with Crippen LogP contribution in [0.25, 0.3) is 71.5 Å². The molecule has 0 unspecified atom stereocenters. The van der Waals surface area contributed by atoms with Gasteiger partial charge < -0.3 is 14.1 Å². The molecule has 0 bridgehead atoms. The maximum atomic E-state index is 7.29. The Bertz CT molecular complexity index is 4920. The minimum absolute atomic E-state index is 0.508. The lowest BCUT2D eigenvalue weighted by molar-refractivity contribution is 0.447. The SMILES string of the molecule is C/C=C(/c1ccc(N(c2ccc(-c3ccc4c(c3)C3(c5ccccc5-4)c4ccc5ccccc5c4Oc4c3ccc3ccccc43)cc2)c2ccc3c(c2)-c2ccccc2C3(c2ccccc2)c2ccccc2)cc1)c1c(C)oc2ccccc12. The second-order valence-electron chi connectivity index (χ2n) is 22.9. The Hall–Kier alpha value is -10.7. The maximum Gasteiger partial charge on any atom is 0.140 e. The highest BCUT2D eigenvalue weighted by Crippen LogP contribution is 2.65. The van der Waals surface area contributed by atoms with Crippen molar-refractivity contribution >= 4 is 55.1 Å². The quantitative estimate of drug-likeness (QED) is 0.152. The molecule has 3 aliphatic rings. The number of para-hydroxylation sites is 1. The van der Waals surface area contributed by atoms with E-state index in [-0.39, 0.29) is 0 Å². The Morgan fingerprint density at radius 1 is 0.365 bits per heavy atom. The molecule has 0 amide bonds. The third-order valence-electron chi connectivity index (χ3n) is 18.7. The lowest BCUT2D eigenvalue weighted by Crippen LogP contribution is -2.32. The number of aryl methyl sites for hydroxylation is 1. The van der Waals surface area contributed by atoms with Crippen LogP contribution in [0.5, 0.6) is 11.5 Å². The van der Waals surface area contributed by atoms with E-state index in [0.29, 0.717) is 0 Å². The van der Waals surface area contributed by atoms with Crippen LogP contribution in [-0.4, -0.2) is 0 Å². The zero-order valence-corrected chi connectivity index (χ0v) is 47.1. The fraction of sp³-hybridized carbons (Fsp3) is 0.0488. The van der Waals surface area contributed by atoms with E-state index in [4.69, 9.17) is 9.15 Å². The first kappa shape index (κ1) is 48.9. The van der Waals surface area contributed by atoms with Gasteiger partial charge in [0.15, 0.2) is 0 Å². The summed E-state index contributed by atoms with van der Waals surface area (Å²) in [6.07, 6.45) is 2.21. The van der Waals surface area contributed by atoms with Gasteiger partial charge in [-0.05, 0) is 151 Å². The summed E-state index contributed by atoms with van der Waals surface area (Å²) in [5, 5.41) is 5.65. The second kappa shape index (κ2) is 18.9. The van der Waals surface area contributed by atoms with E-state index in [1.807, 2.05) is 6.07 Å². The second-order valence-corrected chi connectivity index (χ2v) is 22.9. The average molecular weight is 1090 g/mol. The number of hydrogen-bond acceptors (Lipinski definition) is 3. The van der Waals surface area contributed by atoms with Crippen LogP contribution in [0.15, 0.2) is 302 Å². The predicted molar refractivity (Wildman–Crippen MR) is 350 cm³/mol. The minimum Gasteiger partial charge on any atom is -0.461 e. The Labute approximate surface area is 494 Å². The smallest absolute Gasteiger partial charge is 0.140 e. The fourth-order valence-electron chi connectivity index (χ4n) is 15.2. The largest absolute Gasteiger partial charge is 0.461 e. The molecule has 17 rings (SSSR count). The van der Waals surface area contributed by atoms with Gasteiger partial charge in [-0.15, -0.1) is 0 Å². The first-order valence-electron chi connectivity index (χ1n) is 29.5. The van der Waals surface area contributed by atoms with E-state index < -0.39 is 10.8 Å². The van der Waals surface area contributed by atoms with E-state index in [2.05, 4.69) is 310 Å². The van der Waals surface area contributed by atoms with Gasteiger partial charge in [-0.2, -0.15) is 0 Å². The zero-order chi connectivity index (χ0) is 56.4. The number of furan rings is 1. The number of rotatable bonds is 8. The van der Waals surface area contributed by atoms with Crippen molar-refractivity contribution in [1.82, 2.24) is 0 Å². The van der Waals surface area contributed by atoms with Crippen LogP contribution < -0.4 is 9.64 Å². The van der Waals surface area contributed by atoms with Crippen LogP contribution in [-0.2, 0) is 10.8 Å². The molecule has 400 valence electrons. The molecule has 1 aliphatic heterocycles. The number of benzene rings is 13. The van der Waals surface area contributed by atoms with Gasteiger partial charge >= 0.3 is 0 Å². The molecule has 0 saturated carbocycles. The van der Waals surface area contributed by atoms with Gasteiger partial charge in [0.25, 0.3) is 0 Å². The highest BCUT2D eigenvalue weighted by atomic mass is 16.5. The molecule has 1 spiro atoms. The van der Waals surface area contributed by atoms with Gasteiger partial charge in [-0.1, -0.05) is 249 Å². The van der Waals surface area contributed by atoms with Crippen LogP contribution in [0.4, 0.5) is 17.1 Å². The fourth-order valence-corrected chi connectivity index (χ4v) is 15.2. The molecule has 0 saturated heterocycles. The standard InChI is InChI=1S/C82H55NO2/c1-3-63(78-52(2)84-77-33-19-16-30-69(77)78)56-36-43-61(44-37-56)83(62-45-49-73-70(51-62)67-29-15-17-31-71(67)81(73,58-22-6-4-7-23-58)59-24-8-5-9-25-59)60-41-34-53(35-42-60)57-38-46-68-66-28-14-18-32-72(66)82(76(68)50-57)74-47-39-54-20-10-12-26-64(54)79(74)85-80-65-27-13-11-21-55(65)40-48-75(80)82/h3-51H,1-2H3/b63-3-. The summed E-state index contributed by atoms with van der Waals surface area (Å²) < 4.78 is 13.6. The molecule has 1 aromatic heterocycles. The Balaban J connectivity index is 0.832. The van der Waals surface area contributed by atoms with Crippen LogP contribution in [0.3, 0.4) is 0 Å². The first-order valence-corrected chi connectivity index (χ1v) is 29.5. The molecule has 3 heteroatoms. The first-order chi connectivity index (χ1) is 42.0. The Morgan fingerprint density at radius 3 is 1.48 bits per heavy atom. The van der Waals surface area contributed by atoms with Crippen molar-refractivity contribution in [1.29, 1.82) is 0 Å². The number of hydrogen-bond donors (Lipinski definition) is 0. The van der Waals surface area contributed by atoms with Crippen molar-refractivity contribution in [2.75, 3.05) is 4.90 Å². The van der Waals surface area contributed by atoms with Crippen LogP contribution in [0.1, 0.15) is 68.3 Å². The van der Waals surface area contributed by atoms with Gasteiger partial charge in [0.1, 0.15) is 22.8 Å². The number of nitrogens with zero attached hydrogens (tertiary/aromatic N) is 1. The molecule has 85 heavy (non-hydrogen) atoms. The van der Waals surface area contributed by atoms with Gasteiger partial charge in [0, 0.05) is 49.9 Å². The summed E-state index contributed by atoms with van der Waals surface area (Å²) in [5.74, 6) is 2.74. The predicted octanol–water partition coefficient (Wildman–Crippen LogP) is 21.5. The number of fused-ring (bicyclic) bond motifs is 17. The van der Waals surface area contributed by atoms with Crippen LogP contribution in [0, 0.1) is 6.92 Å². The van der Waals surface area contributed by atoms with Crippen molar-refractivity contribution in [2.45, 2.75) is 24.7 Å². The molecule has 0 N–H and O–H groups in total. The highest BCUT2D eigenvalue weighted by molar-refractivity contribution is 6.01. The molecule has 3 nitrogen and oxygen atoms in total. The molecule has 0 radical (unpaired) electrons. The van der Waals surface area contributed by atoms with Gasteiger partial charge in [0.05, 0.1) is 10.8 Å². The summed E-state index contributed by atoms with van der Waals surface area (Å²) in [6.45, 7) is 4.19. The molecular weight excluding hydrogens is 1030 g/mol. The van der Waals surface area contributed by atoms with Gasteiger partial charge in [-0.25, -0.2) is 0 Å². The van der Waals surface area contributed by atoms with E-state index in [9.17, 15) is 0 Å². The van der Waals surface area contributed by atoms with E-state index >= 15 is 0 Å². The lowest BCUT2D eigenvalue weighted by atomic mass is 9.65. The molecule has 0 fully saturated rings. The molecule has 0 atom stereocenters. The minimum atomic E-state index is -0.650. The molecule has 2 aliphatic carbocycles. The van der Waals surface area contributed by atoms with Gasteiger partial charge in [-0.3, -0.25) is 0 Å². The Kier molecular flexibility index (Phi) is 10.9. The van der Waals surface area contributed by atoms with Crippen molar-refractivity contribution in [3.05, 3.63) is 359 Å². The summed E-state index contributed by atoms with van der Waals surface area (Å²) >= 11 is 0. The number of allylic oxidation sites excluding steroid dienone is 1. The molecule has 14 aromatic rings. The third-order valence-corrected chi connectivity index (χ3v) is 18.7. The summed E-state index contributed by atoms with van der Waals surface area (Å²) in [7, 11) is 0. The average Bonchev–Trinajstić information content (AvgIpc) is 1.90. The van der Waals surface area contributed by atoms with E-state index in [1.54, 1.807) is 0 Å². The molecular formula is C82H55NO2. The monoisotopic (exact) mass is 1090 g/mol. The van der Waals surface area contributed by atoms with E-state index in [0.717, 1.165) is 106 Å². The van der Waals surface area contributed by atoms with Crippen molar-refractivity contribution < 1.29 is 9.15 Å². The van der Waals surface area contributed by atoms with E-state index in [1.165, 1.54) is 55.6 Å².